The van der Waals surface area contributed by atoms with E-state index in [2.05, 4.69) is 4.98 Å². The van der Waals surface area contributed by atoms with Crippen molar-refractivity contribution in [1.82, 2.24) is 4.98 Å². The van der Waals surface area contributed by atoms with Crippen LogP contribution in [0, 0.1) is 12.7 Å². The maximum atomic E-state index is 13.4. The Hall–Kier alpha value is -2.39. The van der Waals surface area contributed by atoms with Gasteiger partial charge in [0.2, 0.25) is 0 Å². The van der Waals surface area contributed by atoms with Gasteiger partial charge in [0.15, 0.2) is 0 Å². The third-order valence-electron chi connectivity index (χ3n) is 3.52. The molecule has 3 aromatic rings. The first-order valence-corrected chi connectivity index (χ1v) is 7.59. The SMILES string of the molecule is Cc1cc(-c2cncc(COc3ccccc3Cl)c2)ccc1F. The number of pyridine rings is 1. The lowest BCUT2D eigenvalue weighted by atomic mass is 10.0. The molecule has 0 spiro atoms. The summed E-state index contributed by atoms with van der Waals surface area (Å²) in [6.07, 6.45) is 3.50. The third kappa shape index (κ3) is 3.69. The highest BCUT2D eigenvalue weighted by molar-refractivity contribution is 6.32. The predicted molar refractivity (Wildman–Crippen MR) is 90.2 cm³/mol. The maximum absolute atomic E-state index is 13.4. The van der Waals surface area contributed by atoms with Crippen LogP contribution in [0.2, 0.25) is 5.02 Å². The molecule has 0 saturated carbocycles. The average molecular weight is 328 g/mol. The number of ether oxygens (including phenoxy) is 1. The molecular formula is C19H15ClFNO. The van der Waals surface area contributed by atoms with Crippen LogP contribution >= 0.6 is 11.6 Å². The second-order valence-corrected chi connectivity index (χ2v) is 5.67. The Morgan fingerprint density at radius 1 is 1.04 bits per heavy atom. The van der Waals surface area contributed by atoms with Crippen LogP contribution in [0.3, 0.4) is 0 Å². The van der Waals surface area contributed by atoms with Gasteiger partial charge in [-0.1, -0.05) is 29.8 Å². The quantitative estimate of drug-likeness (QED) is 0.637. The Morgan fingerprint density at radius 3 is 2.65 bits per heavy atom. The van der Waals surface area contributed by atoms with Crippen LogP contribution in [0.15, 0.2) is 60.9 Å². The first-order valence-electron chi connectivity index (χ1n) is 7.21. The van der Waals surface area contributed by atoms with Crippen LogP contribution in [0.25, 0.3) is 11.1 Å². The summed E-state index contributed by atoms with van der Waals surface area (Å²) in [5, 5.41) is 0.575. The summed E-state index contributed by atoms with van der Waals surface area (Å²) in [5.41, 5.74) is 3.38. The van der Waals surface area contributed by atoms with Crippen molar-refractivity contribution in [1.29, 1.82) is 0 Å². The van der Waals surface area contributed by atoms with E-state index in [1.807, 2.05) is 30.3 Å². The Kier molecular flexibility index (Phi) is 4.58. The number of hydrogen-bond donors (Lipinski definition) is 0. The summed E-state index contributed by atoms with van der Waals surface area (Å²) in [4.78, 5) is 4.24. The molecule has 116 valence electrons. The Bertz CT molecular complexity index is 835. The number of aryl methyl sites for hydroxylation is 1. The van der Waals surface area contributed by atoms with E-state index in [9.17, 15) is 4.39 Å². The molecule has 0 unspecified atom stereocenters. The first-order chi connectivity index (χ1) is 11.1. The third-order valence-corrected chi connectivity index (χ3v) is 3.83. The molecule has 2 nitrogen and oxygen atoms in total. The Balaban J connectivity index is 1.80. The topological polar surface area (TPSA) is 22.1 Å². The number of hydrogen-bond acceptors (Lipinski definition) is 2. The molecule has 0 aliphatic carbocycles. The molecule has 1 aromatic heterocycles. The van der Waals surface area contributed by atoms with E-state index in [0.29, 0.717) is 22.9 Å². The largest absolute Gasteiger partial charge is 0.487 e. The molecule has 0 amide bonds. The zero-order chi connectivity index (χ0) is 16.2. The van der Waals surface area contributed by atoms with Gasteiger partial charge >= 0.3 is 0 Å². The van der Waals surface area contributed by atoms with Crippen molar-refractivity contribution in [2.24, 2.45) is 0 Å². The number of benzene rings is 2. The molecule has 0 bridgehead atoms. The number of halogens is 2. The smallest absolute Gasteiger partial charge is 0.138 e. The van der Waals surface area contributed by atoms with Crippen LogP contribution in [-0.2, 0) is 6.61 Å². The predicted octanol–water partition coefficient (Wildman–Crippen LogP) is 5.43. The highest BCUT2D eigenvalue weighted by Gasteiger charge is 2.05. The highest BCUT2D eigenvalue weighted by atomic mass is 35.5. The molecule has 23 heavy (non-hydrogen) atoms. The normalized spacial score (nSPS) is 10.6. The molecular weight excluding hydrogens is 313 g/mol. The van der Waals surface area contributed by atoms with E-state index in [1.54, 1.807) is 31.5 Å². The maximum Gasteiger partial charge on any atom is 0.138 e. The van der Waals surface area contributed by atoms with Crippen LogP contribution in [-0.4, -0.2) is 4.98 Å². The van der Waals surface area contributed by atoms with E-state index in [4.69, 9.17) is 16.3 Å². The Morgan fingerprint density at radius 2 is 1.87 bits per heavy atom. The van der Waals surface area contributed by atoms with Crippen molar-refractivity contribution in [2.75, 3.05) is 0 Å². The molecule has 0 aliphatic rings. The van der Waals surface area contributed by atoms with Gasteiger partial charge in [-0.05, 0) is 48.4 Å². The minimum Gasteiger partial charge on any atom is -0.487 e. The molecule has 3 rings (SSSR count). The van der Waals surface area contributed by atoms with E-state index >= 15 is 0 Å². The van der Waals surface area contributed by atoms with E-state index in [1.165, 1.54) is 6.07 Å². The molecule has 0 aliphatic heterocycles. The van der Waals surface area contributed by atoms with Gasteiger partial charge in [-0.2, -0.15) is 0 Å². The van der Waals surface area contributed by atoms with Crippen molar-refractivity contribution >= 4 is 11.6 Å². The van der Waals surface area contributed by atoms with Gasteiger partial charge in [0, 0.05) is 23.5 Å². The minimum absolute atomic E-state index is 0.208. The second kappa shape index (κ2) is 6.80. The van der Waals surface area contributed by atoms with Gasteiger partial charge < -0.3 is 4.74 Å². The first kappa shape index (κ1) is 15.5. The molecule has 0 fully saturated rings. The van der Waals surface area contributed by atoms with Gasteiger partial charge in [0.1, 0.15) is 18.2 Å². The van der Waals surface area contributed by atoms with Crippen molar-refractivity contribution in [3.8, 4) is 16.9 Å². The Labute approximate surface area is 139 Å². The fourth-order valence-electron chi connectivity index (χ4n) is 2.27. The lowest BCUT2D eigenvalue weighted by Gasteiger charge is -2.09. The van der Waals surface area contributed by atoms with E-state index in [-0.39, 0.29) is 5.82 Å². The van der Waals surface area contributed by atoms with Crippen LogP contribution < -0.4 is 4.74 Å². The number of para-hydroxylation sites is 1. The molecule has 0 saturated heterocycles. The zero-order valence-corrected chi connectivity index (χ0v) is 13.3. The molecule has 0 radical (unpaired) electrons. The van der Waals surface area contributed by atoms with Crippen LogP contribution in [0.5, 0.6) is 5.75 Å². The standard InChI is InChI=1S/C19H15ClFNO/c1-13-8-15(6-7-18(13)21)16-9-14(10-22-11-16)12-23-19-5-3-2-4-17(19)20/h2-11H,12H2,1H3. The zero-order valence-electron chi connectivity index (χ0n) is 12.6. The van der Waals surface area contributed by atoms with Crippen LogP contribution in [0.1, 0.15) is 11.1 Å². The fourth-order valence-corrected chi connectivity index (χ4v) is 2.46. The van der Waals surface area contributed by atoms with E-state index in [0.717, 1.165) is 16.7 Å². The van der Waals surface area contributed by atoms with Gasteiger partial charge in [-0.25, -0.2) is 4.39 Å². The van der Waals surface area contributed by atoms with E-state index < -0.39 is 0 Å². The molecule has 4 heteroatoms. The number of nitrogens with zero attached hydrogens (tertiary/aromatic N) is 1. The average Bonchev–Trinajstić information content (AvgIpc) is 2.57. The summed E-state index contributed by atoms with van der Waals surface area (Å²) in [7, 11) is 0. The van der Waals surface area contributed by atoms with Gasteiger partial charge in [0.25, 0.3) is 0 Å². The summed E-state index contributed by atoms with van der Waals surface area (Å²) in [6, 6.07) is 14.3. The van der Waals surface area contributed by atoms with Gasteiger partial charge in [-0.15, -0.1) is 0 Å². The molecule has 1 heterocycles. The summed E-state index contributed by atoms with van der Waals surface area (Å²) < 4.78 is 19.1. The van der Waals surface area contributed by atoms with Crippen molar-refractivity contribution < 1.29 is 9.13 Å². The molecule has 2 aromatic carbocycles. The summed E-state index contributed by atoms with van der Waals surface area (Å²) >= 11 is 6.07. The van der Waals surface area contributed by atoms with Crippen molar-refractivity contribution in [3.05, 3.63) is 82.9 Å². The van der Waals surface area contributed by atoms with Gasteiger partial charge in [0.05, 0.1) is 5.02 Å². The molecule has 0 atom stereocenters. The molecule has 0 N–H and O–H groups in total. The number of rotatable bonds is 4. The summed E-state index contributed by atoms with van der Waals surface area (Å²) in [5.74, 6) is 0.428. The fraction of sp³-hybridized carbons (Fsp3) is 0.105. The van der Waals surface area contributed by atoms with Crippen molar-refractivity contribution in [3.63, 3.8) is 0 Å². The second-order valence-electron chi connectivity index (χ2n) is 5.26. The highest BCUT2D eigenvalue weighted by Crippen LogP contribution is 2.25. The van der Waals surface area contributed by atoms with Crippen molar-refractivity contribution in [2.45, 2.75) is 13.5 Å². The van der Waals surface area contributed by atoms with Gasteiger partial charge in [-0.3, -0.25) is 4.98 Å². The lowest BCUT2D eigenvalue weighted by Crippen LogP contribution is -1.97. The minimum atomic E-state index is -0.208. The monoisotopic (exact) mass is 327 g/mol. The number of aromatic nitrogens is 1. The lowest BCUT2D eigenvalue weighted by molar-refractivity contribution is 0.306. The summed E-state index contributed by atoms with van der Waals surface area (Å²) in [6.45, 7) is 2.11. The van der Waals surface area contributed by atoms with Crippen LogP contribution in [0.4, 0.5) is 4.39 Å².